The molecule has 29 heavy (non-hydrogen) atoms. The second-order valence-corrected chi connectivity index (χ2v) is 6.78. The molecular weight excluding hydrogens is 373 g/mol. The number of hydrogen-bond donors (Lipinski definition) is 3. The average molecular weight is 393 g/mol. The summed E-state index contributed by atoms with van der Waals surface area (Å²) < 4.78 is 18.9. The van der Waals surface area contributed by atoms with Gasteiger partial charge < -0.3 is 20.5 Å². The number of benzene rings is 2. The number of carboxylic acids is 1. The van der Waals surface area contributed by atoms with Gasteiger partial charge in [-0.3, -0.25) is 4.98 Å². The van der Waals surface area contributed by atoms with Gasteiger partial charge in [0.25, 0.3) is 0 Å². The second-order valence-electron chi connectivity index (χ2n) is 6.78. The number of aromatic carboxylic acids is 1. The van der Waals surface area contributed by atoms with Crippen molar-refractivity contribution in [1.29, 1.82) is 0 Å². The Bertz CT molecular complexity index is 1020. The molecule has 7 heteroatoms. The third-order valence-corrected chi connectivity index (χ3v) is 4.87. The lowest BCUT2D eigenvalue weighted by atomic mass is 9.94. The van der Waals surface area contributed by atoms with Crippen LogP contribution in [0.3, 0.4) is 0 Å². The van der Waals surface area contributed by atoms with Crippen molar-refractivity contribution in [1.82, 2.24) is 10.3 Å². The Hall–Kier alpha value is -3.45. The summed E-state index contributed by atoms with van der Waals surface area (Å²) in [5, 5.41) is 16.0. The van der Waals surface area contributed by atoms with Gasteiger partial charge in [-0.05, 0) is 66.6 Å². The van der Waals surface area contributed by atoms with E-state index >= 15 is 0 Å². The molecule has 0 bridgehead atoms. The Morgan fingerprint density at radius 2 is 2.00 bits per heavy atom. The quantitative estimate of drug-likeness (QED) is 0.587. The molecule has 2 heterocycles. The first-order chi connectivity index (χ1) is 14.1. The van der Waals surface area contributed by atoms with Crippen LogP contribution in [0.4, 0.5) is 10.1 Å². The first kappa shape index (κ1) is 18.9. The number of rotatable bonds is 6. The van der Waals surface area contributed by atoms with E-state index in [1.807, 2.05) is 18.2 Å². The second kappa shape index (κ2) is 8.28. The largest absolute Gasteiger partial charge is 0.478 e. The normalized spacial score (nSPS) is 15.4. The van der Waals surface area contributed by atoms with E-state index in [-0.39, 0.29) is 17.4 Å². The molecule has 0 spiro atoms. The predicted octanol–water partition coefficient (Wildman–Crippen LogP) is 4.01. The van der Waals surface area contributed by atoms with Crippen molar-refractivity contribution in [2.75, 3.05) is 18.4 Å². The number of ether oxygens (including phenoxy) is 1. The molecule has 2 aromatic carbocycles. The van der Waals surface area contributed by atoms with Crippen LogP contribution in [-0.2, 0) is 6.42 Å². The molecule has 0 saturated heterocycles. The van der Waals surface area contributed by atoms with Gasteiger partial charge in [-0.15, -0.1) is 0 Å². The van der Waals surface area contributed by atoms with Gasteiger partial charge in [0.2, 0.25) is 0 Å². The molecule has 1 atom stereocenters. The molecule has 0 fully saturated rings. The summed E-state index contributed by atoms with van der Waals surface area (Å²) in [6.07, 6.45) is 3.85. The van der Waals surface area contributed by atoms with Crippen molar-refractivity contribution in [2.24, 2.45) is 0 Å². The van der Waals surface area contributed by atoms with Crippen LogP contribution in [0.15, 0.2) is 60.9 Å². The molecule has 1 aliphatic rings. The molecule has 0 radical (unpaired) electrons. The SMILES string of the molecule is O=C(O)c1ccncc1NC[C@H]1NCCc2cc(Oc3ccc(F)cc3)ccc21. The van der Waals surface area contributed by atoms with Gasteiger partial charge in [0.15, 0.2) is 0 Å². The molecular formula is C22H20FN3O3. The van der Waals surface area contributed by atoms with Crippen LogP contribution in [0.1, 0.15) is 27.5 Å². The van der Waals surface area contributed by atoms with Crippen molar-refractivity contribution in [3.05, 3.63) is 83.4 Å². The minimum Gasteiger partial charge on any atom is -0.478 e. The van der Waals surface area contributed by atoms with Crippen LogP contribution < -0.4 is 15.4 Å². The fourth-order valence-corrected chi connectivity index (χ4v) is 3.45. The minimum absolute atomic E-state index is 0.0282. The first-order valence-electron chi connectivity index (χ1n) is 9.31. The third kappa shape index (κ3) is 4.35. The monoisotopic (exact) mass is 393 g/mol. The van der Waals surface area contributed by atoms with Crippen molar-refractivity contribution in [3.8, 4) is 11.5 Å². The Balaban J connectivity index is 1.48. The summed E-state index contributed by atoms with van der Waals surface area (Å²) in [5.41, 5.74) is 2.99. The number of nitrogens with one attached hydrogen (secondary N) is 2. The highest BCUT2D eigenvalue weighted by Gasteiger charge is 2.21. The summed E-state index contributed by atoms with van der Waals surface area (Å²) >= 11 is 0. The maximum absolute atomic E-state index is 13.1. The number of hydrogen-bond acceptors (Lipinski definition) is 5. The average Bonchev–Trinajstić information content (AvgIpc) is 2.74. The fraction of sp³-hybridized carbons (Fsp3) is 0.182. The lowest BCUT2D eigenvalue weighted by Gasteiger charge is -2.28. The first-order valence-corrected chi connectivity index (χ1v) is 9.31. The lowest BCUT2D eigenvalue weighted by molar-refractivity contribution is 0.0697. The van der Waals surface area contributed by atoms with Crippen LogP contribution >= 0.6 is 0 Å². The van der Waals surface area contributed by atoms with E-state index in [0.717, 1.165) is 18.5 Å². The predicted molar refractivity (Wildman–Crippen MR) is 107 cm³/mol. The number of aromatic nitrogens is 1. The number of halogens is 1. The molecule has 0 amide bonds. The van der Waals surface area contributed by atoms with Gasteiger partial charge in [-0.1, -0.05) is 6.07 Å². The molecule has 1 aliphatic heterocycles. The van der Waals surface area contributed by atoms with Gasteiger partial charge in [0, 0.05) is 18.8 Å². The molecule has 1 aromatic heterocycles. The van der Waals surface area contributed by atoms with Crippen LogP contribution in [-0.4, -0.2) is 29.1 Å². The third-order valence-electron chi connectivity index (χ3n) is 4.87. The number of carbonyl (C=O) groups is 1. The van der Waals surface area contributed by atoms with Crippen molar-refractivity contribution in [2.45, 2.75) is 12.5 Å². The maximum Gasteiger partial charge on any atom is 0.337 e. The van der Waals surface area contributed by atoms with E-state index in [0.29, 0.717) is 23.7 Å². The van der Waals surface area contributed by atoms with Gasteiger partial charge in [0.05, 0.1) is 17.4 Å². The molecule has 148 valence electrons. The van der Waals surface area contributed by atoms with E-state index in [4.69, 9.17) is 4.74 Å². The molecule has 6 nitrogen and oxygen atoms in total. The van der Waals surface area contributed by atoms with Gasteiger partial charge in [-0.25, -0.2) is 9.18 Å². The zero-order chi connectivity index (χ0) is 20.2. The highest BCUT2D eigenvalue weighted by molar-refractivity contribution is 5.93. The van der Waals surface area contributed by atoms with Crippen LogP contribution in [0.25, 0.3) is 0 Å². The molecule has 0 aliphatic carbocycles. The molecule has 3 N–H and O–H groups in total. The number of anilines is 1. The number of carboxylic acid groups (broad SMARTS) is 1. The minimum atomic E-state index is -0.991. The van der Waals surface area contributed by atoms with E-state index < -0.39 is 5.97 Å². The van der Waals surface area contributed by atoms with Crippen LogP contribution in [0.5, 0.6) is 11.5 Å². The molecule has 0 unspecified atom stereocenters. The highest BCUT2D eigenvalue weighted by Crippen LogP contribution is 2.30. The lowest BCUT2D eigenvalue weighted by Crippen LogP contribution is -2.34. The molecule has 0 saturated carbocycles. The summed E-state index contributed by atoms with van der Waals surface area (Å²) in [5.74, 6) is -0.0148. The number of pyridine rings is 1. The Morgan fingerprint density at radius 3 is 2.79 bits per heavy atom. The Morgan fingerprint density at radius 1 is 1.21 bits per heavy atom. The summed E-state index contributed by atoms with van der Waals surface area (Å²) in [6.45, 7) is 1.33. The maximum atomic E-state index is 13.1. The number of nitrogens with zero attached hydrogens (tertiary/aromatic N) is 1. The zero-order valence-electron chi connectivity index (χ0n) is 15.6. The summed E-state index contributed by atoms with van der Waals surface area (Å²) in [4.78, 5) is 15.4. The van der Waals surface area contributed by atoms with E-state index in [1.165, 1.54) is 36.2 Å². The van der Waals surface area contributed by atoms with Crippen molar-refractivity contribution < 1.29 is 19.0 Å². The fourth-order valence-electron chi connectivity index (χ4n) is 3.45. The van der Waals surface area contributed by atoms with Crippen molar-refractivity contribution in [3.63, 3.8) is 0 Å². The summed E-state index contributed by atoms with van der Waals surface area (Å²) in [7, 11) is 0. The van der Waals surface area contributed by atoms with Crippen molar-refractivity contribution >= 4 is 11.7 Å². The highest BCUT2D eigenvalue weighted by atomic mass is 19.1. The summed E-state index contributed by atoms with van der Waals surface area (Å²) in [6, 6.07) is 13.3. The Kier molecular flexibility index (Phi) is 5.39. The van der Waals surface area contributed by atoms with Gasteiger partial charge in [0.1, 0.15) is 17.3 Å². The molecule has 4 rings (SSSR count). The molecule has 3 aromatic rings. The standard InChI is InChI=1S/C22H20FN3O3/c23-15-1-3-16(4-2-15)29-17-5-6-18-14(11-17)7-10-25-21(18)13-26-20-12-24-9-8-19(20)22(27)28/h1-6,8-9,11-12,21,25-26H,7,10,13H2,(H,27,28)/t21-/m1/s1. The van der Waals surface area contributed by atoms with E-state index in [9.17, 15) is 14.3 Å². The topological polar surface area (TPSA) is 83.5 Å². The van der Waals surface area contributed by atoms with Crippen LogP contribution in [0.2, 0.25) is 0 Å². The van der Waals surface area contributed by atoms with E-state index in [2.05, 4.69) is 15.6 Å². The van der Waals surface area contributed by atoms with Gasteiger partial charge in [-0.2, -0.15) is 0 Å². The van der Waals surface area contributed by atoms with Crippen LogP contribution in [0, 0.1) is 5.82 Å². The van der Waals surface area contributed by atoms with Gasteiger partial charge >= 0.3 is 5.97 Å². The van der Waals surface area contributed by atoms with E-state index in [1.54, 1.807) is 12.1 Å². The smallest absolute Gasteiger partial charge is 0.337 e. The Labute approximate surface area is 167 Å². The number of fused-ring (bicyclic) bond motifs is 1. The zero-order valence-corrected chi connectivity index (χ0v) is 15.6.